The topological polar surface area (TPSA) is 75.6 Å². The van der Waals surface area contributed by atoms with Gasteiger partial charge in [-0.3, -0.25) is 9.59 Å². The summed E-state index contributed by atoms with van der Waals surface area (Å²) in [7, 11) is 0. The SMILES string of the molecule is O=C(O)CCNC(=O)c1ccc(-c2ccc(OC3CCC(C(F)(F)F)CC3)cc2)cc1. The van der Waals surface area contributed by atoms with Crippen molar-refractivity contribution in [3.63, 3.8) is 0 Å². The van der Waals surface area contributed by atoms with Gasteiger partial charge >= 0.3 is 12.1 Å². The number of hydrogen-bond acceptors (Lipinski definition) is 3. The van der Waals surface area contributed by atoms with E-state index in [-0.39, 0.29) is 37.8 Å². The number of carbonyl (C=O) groups excluding carboxylic acids is 1. The van der Waals surface area contributed by atoms with Crippen LogP contribution in [-0.4, -0.2) is 35.8 Å². The Hall–Kier alpha value is -3.03. The molecule has 0 aromatic heterocycles. The van der Waals surface area contributed by atoms with Crippen LogP contribution in [0.4, 0.5) is 13.2 Å². The van der Waals surface area contributed by atoms with E-state index >= 15 is 0 Å². The average molecular weight is 435 g/mol. The molecule has 0 bridgehead atoms. The van der Waals surface area contributed by atoms with E-state index in [1.807, 2.05) is 12.1 Å². The van der Waals surface area contributed by atoms with E-state index in [0.29, 0.717) is 24.2 Å². The van der Waals surface area contributed by atoms with Gasteiger partial charge in [0.05, 0.1) is 18.4 Å². The molecule has 0 heterocycles. The Kier molecular flexibility index (Phi) is 7.20. The zero-order valence-electron chi connectivity index (χ0n) is 16.8. The minimum atomic E-state index is -4.12. The molecule has 2 aromatic rings. The van der Waals surface area contributed by atoms with Crippen LogP contribution in [0.2, 0.25) is 0 Å². The van der Waals surface area contributed by atoms with Gasteiger partial charge < -0.3 is 15.2 Å². The normalized spacial score (nSPS) is 18.9. The second-order valence-electron chi connectivity index (χ2n) is 7.63. The number of alkyl halides is 3. The highest BCUT2D eigenvalue weighted by molar-refractivity contribution is 5.94. The standard InChI is InChI=1S/C23H24F3NO4/c24-23(25,26)18-7-11-20(12-8-18)31-19-9-5-16(6-10-19)15-1-3-17(4-2-15)22(30)27-14-13-21(28)29/h1-6,9-10,18,20H,7-8,11-14H2,(H,27,30)(H,28,29). The lowest BCUT2D eigenvalue weighted by molar-refractivity contribution is -0.185. The second-order valence-corrected chi connectivity index (χ2v) is 7.63. The molecular formula is C23H24F3NO4. The second kappa shape index (κ2) is 9.85. The van der Waals surface area contributed by atoms with Crippen LogP contribution in [0.3, 0.4) is 0 Å². The fourth-order valence-electron chi connectivity index (χ4n) is 3.63. The van der Waals surface area contributed by atoms with Crippen LogP contribution >= 0.6 is 0 Å². The van der Waals surface area contributed by atoms with Crippen LogP contribution in [-0.2, 0) is 4.79 Å². The van der Waals surface area contributed by atoms with Gasteiger partial charge in [-0.15, -0.1) is 0 Å². The smallest absolute Gasteiger partial charge is 0.391 e. The van der Waals surface area contributed by atoms with Gasteiger partial charge in [0.25, 0.3) is 5.91 Å². The first-order valence-electron chi connectivity index (χ1n) is 10.2. The van der Waals surface area contributed by atoms with Crippen molar-refractivity contribution < 1.29 is 32.6 Å². The molecule has 0 aliphatic heterocycles. The van der Waals surface area contributed by atoms with Gasteiger partial charge in [0.2, 0.25) is 0 Å². The third kappa shape index (κ3) is 6.47. The summed E-state index contributed by atoms with van der Waals surface area (Å²) in [4.78, 5) is 22.5. The molecule has 2 aromatic carbocycles. The summed E-state index contributed by atoms with van der Waals surface area (Å²) in [5.74, 6) is -1.92. The third-order valence-electron chi connectivity index (χ3n) is 5.40. The average Bonchev–Trinajstić information content (AvgIpc) is 2.74. The molecule has 0 atom stereocenters. The molecule has 0 spiro atoms. The minimum absolute atomic E-state index is 0.0647. The van der Waals surface area contributed by atoms with Crippen molar-refractivity contribution in [3.8, 4) is 16.9 Å². The van der Waals surface area contributed by atoms with Crippen LogP contribution in [0, 0.1) is 5.92 Å². The van der Waals surface area contributed by atoms with Gasteiger partial charge in [0.15, 0.2) is 0 Å². The van der Waals surface area contributed by atoms with Gasteiger partial charge in [0, 0.05) is 12.1 Å². The number of hydrogen-bond donors (Lipinski definition) is 2. The Labute approximate surface area is 178 Å². The third-order valence-corrected chi connectivity index (χ3v) is 5.40. The van der Waals surface area contributed by atoms with E-state index in [1.165, 1.54) is 0 Å². The summed E-state index contributed by atoms with van der Waals surface area (Å²) in [6.45, 7) is 0.0647. The maximum atomic E-state index is 12.8. The van der Waals surface area contributed by atoms with Gasteiger partial charge in [-0.05, 0) is 61.1 Å². The lowest BCUT2D eigenvalue weighted by Crippen LogP contribution is -2.31. The molecule has 166 valence electrons. The number of nitrogens with one attached hydrogen (secondary N) is 1. The van der Waals surface area contributed by atoms with Crippen molar-refractivity contribution in [2.45, 2.75) is 44.4 Å². The van der Waals surface area contributed by atoms with Gasteiger partial charge in [-0.25, -0.2) is 0 Å². The molecule has 1 saturated carbocycles. The summed E-state index contributed by atoms with van der Waals surface area (Å²) < 4.78 is 44.2. The van der Waals surface area contributed by atoms with Gasteiger partial charge in [-0.2, -0.15) is 13.2 Å². The molecule has 0 saturated heterocycles. The highest BCUT2D eigenvalue weighted by Crippen LogP contribution is 2.38. The van der Waals surface area contributed by atoms with Crippen molar-refractivity contribution in [1.82, 2.24) is 5.32 Å². The predicted octanol–water partition coefficient (Wildman–Crippen LogP) is 5.06. The number of aliphatic carboxylic acids is 1. The Bertz CT molecular complexity index is 887. The van der Waals surface area contributed by atoms with Crippen molar-refractivity contribution in [2.24, 2.45) is 5.92 Å². The van der Waals surface area contributed by atoms with E-state index in [4.69, 9.17) is 9.84 Å². The Morgan fingerprint density at radius 3 is 2.00 bits per heavy atom. The van der Waals surface area contributed by atoms with Crippen LogP contribution in [0.5, 0.6) is 5.75 Å². The lowest BCUT2D eigenvalue weighted by Gasteiger charge is -2.30. The fraction of sp³-hybridized carbons (Fsp3) is 0.391. The van der Waals surface area contributed by atoms with Gasteiger partial charge in [-0.1, -0.05) is 24.3 Å². The minimum Gasteiger partial charge on any atom is -0.490 e. The maximum absolute atomic E-state index is 12.8. The first-order valence-corrected chi connectivity index (χ1v) is 10.2. The van der Waals surface area contributed by atoms with Crippen LogP contribution in [0.1, 0.15) is 42.5 Å². The first kappa shape index (κ1) is 22.7. The molecule has 2 N–H and O–H groups in total. The van der Waals surface area contributed by atoms with Crippen LogP contribution < -0.4 is 10.1 Å². The lowest BCUT2D eigenvalue weighted by atomic mass is 9.87. The quantitative estimate of drug-likeness (QED) is 0.638. The van der Waals surface area contributed by atoms with Crippen LogP contribution in [0.15, 0.2) is 48.5 Å². The predicted molar refractivity (Wildman–Crippen MR) is 109 cm³/mol. The number of rotatable bonds is 7. The number of amides is 1. The van der Waals surface area contributed by atoms with Crippen molar-refractivity contribution in [2.75, 3.05) is 6.54 Å². The van der Waals surface area contributed by atoms with E-state index in [2.05, 4.69) is 5.32 Å². The van der Waals surface area contributed by atoms with E-state index < -0.39 is 18.1 Å². The molecular weight excluding hydrogens is 411 g/mol. The fourth-order valence-corrected chi connectivity index (χ4v) is 3.63. The zero-order valence-corrected chi connectivity index (χ0v) is 16.8. The monoisotopic (exact) mass is 435 g/mol. The summed E-state index contributed by atoms with van der Waals surface area (Å²) in [5, 5.41) is 11.2. The van der Waals surface area contributed by atoms with Crippen molar-refractivity contribution >= 4 is 11.9 Å². The molecule has 3 rings (SSSR count). The Balaban J connectivity index is 1.53. The largest absolute Gasteiger partial charge is 0.490 e. The van der Waals surface area contributed by atoms with Crippen molar-refractivity contribution in [1.29, 1.82) is 0 Å². The molecule has 8 heteroatoms. The number of benzene rings is 2. The number of carboxylic acids is 1. The summed E-state index contributed by atoms with van der Waals surface area (Å²) in [5.41, 5.74) is 2.23. The first-order chi connectivity index (χ1) is 14.7. The molecule has 1 fully saturated rings. The summed E-state index contributed by atoms with van der Waals surface area (Å²) in [6.07, 6.45) is -3.48. The van der Waals surface area contributed by atoms with E-state index in [1.54, 1.807) is 36.4 Å². The maximum Gasteiger partial charge on any atom is 0.391 e. The molecule has 31 heavy (non-hydrogen) atoms. The molecule has 1 amide bonds. The summed E-state index contributed by atoms with van der Waals surface area (Å²) in [6, 6.07) is 14.2. The highest BCUT2D eigenvalue weighted by Gasteiger charge is 2.41. The Morgan fingerprint density at radius 1 is 0.935 bits per heavy atom. The number of ether oxygens (including phenoxy) is 1. The number of halogens is 3. The molecule has 1 aliphatic carbocycles. The Morgan fingerprint density at radius 2 is 1.48 bits per heavy atom. The van der Waals surface area contributed by atoms with E-state index in [0.717, 1.165) is 11.1 Å². The molecule has 0 unspecified atom stereocenters. The van der Waals surface area contributed by atoms with Crippen molar-refractivity contribution in [3.05, 3.63) is 54.1 Å². The van der Waals surface area contributed by atoms with Crippen LogP contribution in [0.25, 0.3) is 11.1 Å². The molecule has 0 radical (unpaired) electrons. The number of carbonyl (C=O) groups is 2. The zero-order chi connectivity index (χ0) is 22.4. The summed E-state index contributed by atoms with van der Waals surface area (Å²) >= 11 is 0. The highest BCUT2D eigenvalue weighted by atomic mass is 19.4. The molecule has 1 aliphatic rings. The number of carboxylic acid groups (broad SMARTS) is 1. The van der Waals surface area contributed by atoms with E-state index in [9.17, 15) is 22.8 Å². The van der Waals surface area contributed by atoms with Gasteiger partial charge in [0.1, 0.15) is 5.75 Å². The molecule has 5 nitrogen and oxygen atoms in total.